The van der Waals surface area contributed by atoms with E-state index in [1.165, 1.54) is 0 Å². The third-order valence-electron chi connectivity index (χ3n) is 6.33. The molecule has 1 aliphatic heterocycles. The smallest absolute Gasteiger partial charge is 0.317 e. The summed E-state index contributed by atoms with van der Waals surface area (Å²) >= 11 is 0. The van der Waals surface area contributed by atoms with Crippen LogP contribution in [0.4, 0.5) is 13.6 Å². The molecular formula is C22H27F2N5O2. The van der Waals surface area contributed by atoms with Crippen molar-refractivity contribution >= 4 is 11.9 Å². The lowest BCUT2D eigenvalue weighted by Crippen LogP contribution is -2.53. The molecule has 0 atom stereocenters. The van der Waals surface area contributed by atoms with Crippen LogP contribution >= 0.6 is 0 Å². The van der Waals surface area contributed by atoms with Crippen molar-refractivity contribution < 1.29 is 18.4 Å². The van der Waals surface area contributed by atoms with Gasteiger partial charge in [0.1, 0.15) is 5.69 Å². The Morgan fingerprint density at radius 1 is 1.19 bits per heavy atom. The number of aromatic nitrogens is 2. The van der Waals surface area contributed by atoms with Gasteiger partial charge in [-0.3, -0.25) is 9.48 Å². The Morgan fingerprint density at radius 2 is 1.90 bits per heavy atom. The second-order valence-corrected chi connectivity index (χ2v) is 9.16. The van der Waals surface area contributed by atoms with Crippen LogP contribution in [0.1, 0.15) is 46.9 Å². The average molecular weight is 431 g/mol. The zero-order valence-corrected chi connectivity index (χ0v) is 18.0. The number of primary amides is 1. The van der Waals surface area contributed by atoms with E-state index in [4.69, 9.17) is 5.73 Å². The molecule has 2 aromatic rings. The number of halogens is 2. The number of fused-ring (bicyclic) bond motifs is 1. The lowest BCUT2D eigenvalue weighted by atomic mass is 9.67. The largest absolute Gasteiger partial charge is 0.365 e. The second kappa shape index (κ2) is 7.32. The molecule has 0 saturated heterocycles. The average Bonchev–Trinajstić information content (AvgIpc) is 3.05. The molecule has 3 N–H and O–H groups in total. The molecule has 0 radical (unpaired) electrons. The van der Waals surface area contributed by atoms with Gasteiger partial charge >= 0.3 is 6.03 Å². The maximum absolute atomic E-state index is 13.2. The van der Waals surface area contributed by atoms with Crippen LogP contribution in [0.3, 0.4) is 0 Å². The van der Waals surface area contributed by atoms with Crippen molar-refractivity contribution in [2.24, 2.45) is 11.1 Å². The Labute approximate surface area is 179 Å². The molecule has 1 aliphatic carbocycles. The van der Waals surface area contributed by atoms with Gasteiger partial charge in [-0.15, -0.1) is 0 Å². The zero-order chi connectivity index (χ0) is 22.6. The van der Waals surface area contributed by atoms with E-state index in [0.29, 0.717) is 30.0 Å². The molecule has 31 heavy (non-hydrogen) atoms. The fourth-order valence-corrected chi connectivity index (χ4v) is 4.56. The number of urea groups is 1. The van der Waals surface area contributed by atoms with Crippen molar-refractivity contribution in [1.82, 2.24) is 20.0 Å². The van der Waals surface area contributed by atoms with Crippen LogP contribution in [0.2, 0.25) is 0 Å². The summed E-state index contributed by atoms with van der Waals surface area (Å²) < 4.78 is 28.1. The molecule has 1 aromatic carbocycles. The van der Waals surface area contributed by atoms with Gasteiger partial charge < -0.3 is 16.0 Å². The van der Waals surface area contributed by atoms with E-state index in [0.717, 1.165) is 16.7 Å². The first-order valence-corrected chi connectivity index (χ1v) is 10.4. The summed E-state index contributed by atoms with van der Waals surface area (Å²) in [6.07, 6.45) is -0.448. The van der Waals surface area contributed by atoms with Crippen molar-refractivity contribution in [3.8, 4) is 11.3 Å². The SMILES string of the molecule is Cc1ccc(-c2nn3c(c2C(N)=O)CN(C(=O)NCC2(C)CC(F)(F)C2)CC3)cc1C. The van der Waals surface area contributed by atoms with Gasteiger partial charge in [0.25, 0.3) is 5.91 Å². The van der Waals surface area contributed by atoms with Gasteiger partial charge in [0.2, 0.25) is 5.92 Å². The summed E-state index contributed by atoms with van der Waals surface area (Å²) in [6.45, 7) is 6.93. The molecule has 9 heteroatoms. The van der Waals surface area contributed by atoms with Crippen LogP contribution in [0.5, 0.6) is 0 Å². The Kier molecular flexibility index (Phi) is 5.02. The normalized spacial score (nSPS) is 18.8. The van der Waals surface area contributed by atoms with E-state index in [-0.39, 0.29) is 32.0 Å². The first-order valence-electron chi connectivity index (χ1n) is 10.4. The molecule has 1 saturated carbocycles. The molecule has 2 aliphatic rings. The highest BCUT2D eigenvalue weighted by Gasteiger charge is 2.53. The maximum Gasteiger partial charge on any atom is 0.317 e. The van der Waals surface area contributed by atoms with Crippen molar-refractivity contribution in [2.75, 3.05) is 13.1 Å². The van der Waals surface area contributed by atoms with E-state index in [1.54, 1.807) is 16.5 Å². The van der Waals surface area contributed by atoms with Gasteiger partial charge in [-0.2, -0.15) is 5.10 Å². The first kappa shape index (κ1) is 21.3. The number of nitrogens with zero attached hydrogens (tertiary/aromatic N) is 3. The van der Waals surface area contributed by atoms with Crippen LogP contribution < -0.4 is 11.1 Å². The quantitative estimate of drug-likeness (QED) is 0.778. The second-order valence-electron chi connectivity index (χ2n) is 9.16. The van der Waals surface area contributed by atoms with E-state index in [1.807, 2.05) is 32.0 Å². The number of hydrogen-bond donors (Lipinski definition) is 2. The summed E-state index contributed by atoms with van der Waals surface area (Å²) in [7, 11) is 0. The summed E-state index contributed by atoms with van der Waals surface area (Å²) in [5.41, 5.74) is 9.52. The minimum atomic E-state index is -2.64. The van der Waals surface area contributed by atoms with E-state index < -0.39 is 17.2 Å². The molecule has 0 spiro atoms. The Bertz CT molecular complexity index is 1050. The summed E-state index contributed by atoms with van der Waals surface area (Å²) in [5.74, 6) is -3.24. The fraction of sp³-hybridized carbons (Fsp3) is 0.500. The van der Waals surface area contributed by atoms with Crippen LogP contribution in [0, 0.1) is 19.3 Å². The third-order valence-corrected chi connectivity index (χ3v) is 6.33. The highest BCUT2D eigenvalue weighted by Crippen LogP contribution is 2.51. The number of benzene rings is 1. The lowest BCUT2D eigenvalue weighted by Gasteiger charge is -2.45. The number of nitrogens with two attached hydrogens (primary N) is 1. The number of amides is 3. The molecule has 0 bridgehead atoms. The molecule has 0 unspecified atom stereocenters. The zero-order valence-electron chi connectivity index (χ0n) is 18.0. The van der Waals surface area contributed by atoms with Crippen LogP contribution in [0.15, 0.2) is 18.2 Å². The minimum absolute atomic E-state index is 0.175. The number of carbonyl (C=O) groups excluding carboxylic acids is 2. The number of carbonyl (C=O) groups is 2. The molecule has 4 rings (SSSR count). The molecule has 2 heterocycles. The first-order chi connectivity index (χ1) is 14.5. The third kappa shape index (κ3) is 4.00. The van der Waals surface area contributed by atoms with E-state index in [2.05, 4.69) is 10.4 Å². The minimum Gasteiger partial charge on any atom is -0.365 e. The number of aryl methyl sites for hydroxylation is 2. The van der Waals surface area contributed by atoms with Crippen molar-refractivity contribution in [1.29, 1.82) is 0 Å². The highest BCUT2D eigenvalue weighted by atomic mass is 19.3. The Hall–Kier alpha value is -2.97. The van der Waals surface area contributed by atoms with Gasteiger partial charge in [0, 0.05) is 31.5 Å². The van der Waals surface area contributed by atoms with Gasteiger partial charge in [-0.1, -0.05) is 19.1 Å². The van der Waals surface area contributed by atoms with E-state index >= 15 is 0 Å². The Balaban J connectivity index is 1.53. The number of rotatable bonds is 4. The van der Waals surface area contributed by atoms with Crippen LogP contribution in [-0.4, -0.2) is 45.6 Å². The molecule has 7 nitrogen and oxygen atoms in total. The maximum atomic E-state index is 13.2. The Morgan fingerprint density at radius 3 is 2.52 bits per heavy atom. The molecule has 166 valence electrons. The number of alkyl halides is 2. The fourth-order valence-electron chi connectivity index (χ4n) is 4.56. The standard InChI is InChI=1S/C22H27F2N5O2/c1-13-4-5-15(8-14(13)2)18-17(19(25)30)16-9-28(6-7-29(16)27-18)20(31)26-12-21(3)10-22(23,24)11-21/h4-5,8H,6-7,9-12H2,1-3H3,(H2,25,30)(H,26,31). The molecule has 1 fully saturated rings. The predicted octanol–water partition coefficient (Wildman–Crippen LogP) is 3.23. The molecule has 1 aromatic heterocycles. The highest BCUT2D eigenvalue weighted by molar-refractivity contribution is 6.00. The summed E-state index contributed by atoms with van der Waals surface area (Å²) in [6, 6.07) is 5.50. The summed E-state index contributed by atoms with van der Waals surface area (Å²) in [5, 5.41) is 7.38. The van der Waals surface area contributed by atoms with Crippen LogP contribution in [-0.2, 0) is 13.1 Å². The molecular weight excluding hydrogens is 404 g/mol. The number of hydrogen-bond acceptors (Lipinski definition) is 3. The van der Waals surface area contributed by atoms with E-state index in [9.17, 15) is 18.4 Å². The van der Waals surface area contributed by atoms with Gasteiger partial charge in [-0.25, -0.2) is 13.6 Å². The van der Waals surface area contributed by atoms with Gasteiger partial charge in [0.05, 0.1) is 24.3 Å². The molecule has 3 amide bonds. The van der Waals surface area contributed by atoms with Crippen molar-refractivity contribution in [2.45, 2.75) is 52.6 Å². The van der Waals surface area contributed by atoms with Crippen molar-refractivity contribution in [3.05, 3.63) is 40.6 Å². The van der Waals surface area contributed by atoms with Crippen LogP contribution in [0.25, 0.3) is 11.3 Å². The van der Waals surface area contributed by atoms with Gasteiger partial charge in [-0.05, 0) is 36.5 Å². The van der Waals surface area contributed by atoms with Crippen molar-refractivity contribution in [3.63, 3.8) is 0 Å². The monoisotopic (exact) mass is 431 g/mol. The summed E-state index contributed by atoms with van der Waals surface area (Å²) in [4.78, 5) is 26.5. The predicted molar refractivity (Wildman–Crippen MR) is 112 cm³/mol. The lowest BCUT2D eigenvalue weighted by molar-refractivity contribution is -0.151. The number of nitrogens with one attached hydrogen (secondary N) is 1. The topological polar surface area (TPSA) is 93.2 Å². The van der Waals surface area contributed by atoms with Gasteiger partial charge in [0.15, 0.2) is 0 Å².